The Morgan fingerprint density at radius 1 is 1.19 bits per heavy atom. The molecule has 0 rings (SSSR count). The number of hydrogen-bond acceptors (Lipinski definition) is 8. The Bertz CT molecular complexity index is 395. The molecule has 0 radical (unpaired) electrons. The number of ether oxygens (including phenoxy) is 3. The Kier molecular flexibility index (Phi) is 8.68. The highest BCUT2D eigenvalue weighted by Crippen LogP contribution is 2.42. The van der Waals surface area contributed by atoms with Gasteiger partial charge in [0.1, 0.15) is 25.2 Å². The van der Waals surface area contributed by atoms with Crippen LogP contribution < -0.4 is 0 Å². The number of carbonyl (C=O) groups excluding carboxylic acids is 2. The fraction of sp³-hybridized carbons (Fsp3) is 0.818. The summed E-state index contributed by atoms with van der Waals surface area (Å²) in [5.74, 6) is -1.73. The van der Waals surface area contributed by atoms with Gasteiger partial charge in [-0.1, -0.05) is 0 Å². The van der Waals surface area contributed by atoms with Crippen molar-refractivity contribution >= 4 is 19.5 Å². The summed E-state index contributed by atoms with van der Waals surface area (Å²) in [7, 11) is -2.81. The van der Waals surface area contributed by atoms with Gasteiger partial charge in [-0.2, -0.15) is 0 Å². The number of aliphatic hydroxyl groups excluding tert-OH is 1. The van der Waals surface area contributed by atoms with Crippen molar-refractivity contribution in [1.82, 2.24) is 0 Å². The third kappa shape index (κ3) is 8.79. The zero-order chi connectivity index (χ0) is 16.6. The Hall–Kier alpha value is -0.990. The molecule has 0 spiro atoms. The summed E-state index contributed by atoms with van der Waals surface area (Å²) < 4.78 is 30.1. The number of methoxy groups -OCH3 is 1. The van der Waals surface area contributed by atoms with Crippen LogP contribution in [0.1, 0.15) is 20.8 Å². The van der Waals surface area contributed by atoms with E-state index < -0.39 is 44.2 Å². The van der Waals surface area contributed by atoms with Gasteiger partial charge in [-0.15, -0.1) is 0 Å². The fourth-order valence-corrected chi connectivity index (χ4v) is 2.10. The quantitative estimate of drug-likeness (QED) is 0.445. The molecule has 0 saturated heterocycles. The SMILES string of the molecule is COCP(=O)(O)O[C@H](C)C(=O)OCC(C)OC(=O)[C@@H](C)O. The van der Waals surface area contributed by atoms with Gasteiger partial charge in [0, 0.05) is 7.11 Å². The van der Waals surface area contributed by atoms with Crippen molar-refractivity contribution in [2.24, 2.45) is 0 Å². The molecule has 0 heterocycles. The molecule has 0 aromatic carbocycles. The largest absolute Gasteiger partial charge is 0.460 e. The van der Waals surface area contributed by atoms with E-state index in [1.165, 1.54) is 27.9 Å². The normalized spacial score (nSPS) is 18.2. The monoisotopic (exact) mass is 328 g/mol. The van der Waals surface area contributed by atoms with E-state index in [0.717, 1.165) is 0 Å². The number of esters is 2. The van der Waals surface area contributed by atoms with Crippen molar-refractivity contribution < 1.29 is 42.9 Å². The van der Waals surface area contributed by atoms with Crippen molar-refractivity contribution in [3.63, 3.8) is 0 Å². The third-order valence-electron chi connectivity index (χ3n) is 2.07. The highest BCUT2D eigenvalue weighted by molar-refractivity contribution is 7.52. The molecule has 4 atom stereocenters. The van der Waals surface area contributed by atoms with Crippen LogP contribution in [0.2, 0.25) is 0 Å². The highest BCUT2D eigenvalue weighted by atomic mass is 31.2. The molecule has 0 aromatic heterocycles. The molecule has 0 amide bonds. The van der Waals surface area contributed by atoms with Crippen molar-refractivity contribution in [2.45, 2.75) is 39.1 Å². The second-order valence-electron chi connectivity index (χ2n) is 4.36. The second kappa shape index (κ2) is 9.11. The molecular weight excluding hydrogens is 307 g/mol. The number of carbonyl (C=O) groups is 2. The Morgan fingerprint density at radius 3 is 2.24 bits per heavy atom. The van der Waals surface area contributed by atoms with E-state index >= 15 is 0 Å². The zero-order valence-electron chi connectivity index (χ0n) is 12.3. The van der Waals surface area contributed by atoms with Gasteiger partial charge in [-0.25, -0.2) is 9.59 Å². The van der Waals surface area contributed by atoms with Gasteiger partial charge in [-0.3, -0.25) is 9.09 Å². The Morgan fingerprint density at radius 2 is 1.76 bits per heavy atom. The minimum Gasteiger partial charge on any atom is -0.460 e. The summed E-state index contributed by atoms with van der Waals surface area (Å²) in [6.45, 7) is 3.67. The van der Waals surface area contributed by atoms with Gasteiger partial charge in [-0.05, 0) is 20.8 Å². The summed E-state index contributed by atoms with van der Waals surface area (Å²) in [5, 5.41) is 8.94. The lowest BCUT2D eigenvalue weighted by Gasteiger charge is -2.18. The van der Waals surface area contributed by atoms with E-state index in [2.05, 4.69) is 9.26 Å². The number of aliphatic hydroxyl groups is 1. The topological polar surface area (TPSA) is 129 Å². The van der Waals surface area contributed by atoms with E-state index in [1.807, 2.05) is 0 Å². The van der Waals surface area contributed by atoms with Crippen molar-refractivity contribution in [3.05, 3.63) is 0 Å². The van der Waals surface area contributed by atoms with E-state index in [1.54, 1.807) is 0 Å². The second-order valence-corrected chi connectivity index (χ2v) is 6.10. The van der Waals surface area contributed by atoms with E-state index in [4.69, 9.17) is 14.6 Å². The van der Waals surface area contributed by atoms with Crippen LogP contribution in [-0.4, -0.2) is 60.3 Å². The minimum atomic E-state index is -4.03. The highest BCUT2D eigenvalue weighted by Gasteiger charge is 2.28. The summed E-state index contributed by atoms with van der Waals surface area (Å²) in [5.41, 5.74) is 0. The maximum atomic E-state index is 11.5. The average molecular weight is 328 g/mol. The molecule has 0 saturated carbocycles. The lowest BCUT2D eigenvalue weighted by atomic mass is 10.4. The van der Waals surface area contributed by atoms with E-state index in [9.17, 15) is 19.0 Å². The van der Waals surface area contributed by atoms with Crippen molar-refractivity contribution in [3.8, 4) is 0 Å². The summed E-state index contributed by atoms with van der Waals surface area (Å²) in [6.07, 6.45) is -3.88. The van der Waals surface area contributed by atoms with Gasteiger partial charge in [0.2, 0.25) is 0 Å². The van der Waals surface area contributed by atoms with Gasteiger partial charge in [0.05, 0.1) is 0 Å². The van der Waals surface area contributed by atoms with Crippen LogP contribution in [-0.2, 0) is 32.9 Å². The molecule has 0 aliphatic heterocycles. The van der Waals surface area contributed by atoms with Crippen molar-refractivity contribution in [1.29, 1.82) is 0 Å². The average Bonchev–Trinajstić information content (AvgIpc) is 2.34. The van der Waals surface area contributed by atoms with Crippen LogP contribution >= 0.6 is 7.60 Å². The molecule has 0 fully saturated rings. The van der Waals surface area contributed by atoms with Gasteiger partial charge < -0.3 is 24.2 Å². The first-order chi connectivity index (χ1) is 9.59. The molecule has 21 heavy (non-hydrogen) atoms. The fourth-order valence-electron chi connectivity index (χ4n) is 1.13. The molecular formula is C11H21O9P. The predicted molar refractivity (Wildman–Crippen MR) is 70.4 cm³/mol. The van der Waals surface area contributed by atoms with E-state index in [0.29, 0.717) is 0 Å². The van der Waals surface area contributed by atoms with Gasteiger partial charge >= 0.3 is 19.5 Å². The van der Waals surface area contributed by atoms with Crippen LogP contribution in [0.15, 0.2) is 0 Å². The summed E-state index contributed by atoms with van der Waals surface area (Å²) >= 11 is 0. The molecule has 2 N–H and O–H groups in total. The first-order valence-corrected chi connectivity index (χ1v) is 7.89. The lowest BCUT2D eigenvalue weighted by Crippen LogP contribution is -2.30. The van der Waals surface area contributed by atoms with Crippen LogP contribution in [0.4, 0.5) is 0 Å². The Balaban J connectivity index is 4.19. The molecule has 0 aliphatic carbocycles. The van der Waals surface area contributed by atoms with Gasteiger partial charge in [0.15, 0.2) is 6.10 Å². The first kappa shape index (κ1) is 20.0. The Labute approximate surface area is 122 Å². The lowest BCUT2D eigenvalue weighted by molar-refractivity contribution is -0.166. The number of hydrogen-bond donors (Lipinski definition) is 2. The molecule has 0 aromatic rings. The zero-order valence-corrected chi connectivity index (χ0v) is 13.2. The first-order valence-electron chi connectivity index (χ1n) is 6.13. The molecule has 9 nitrogen and oxygen atoms in total. The maximum Gasteiger partial charge on any atom is 0.354 e. The molecule has 2 unspecified atom stereocenters. The van der Waals surface area contributed by atoms with Crippen LogP contribution in [0.5, 0.6) is 0 Å². The summed E-state index contributed by atoms with van der Waals surface area (Å²) in [4.78, 5) is 31.9. The number of rotatable bonds is 9. The van der Waals surface area contributed by atoms with E-state index in [-0.39, 0.29) is 6.61 Å². The van der Waals surface area contributed by atoms with Crippen LogP contribution in [0.25, 0.3) is 0 Å². The standard InChI is InChI=1S/C11H21O9P/c1-7(19-10(13)8(2)12)5-18-11(14)9(3)20-21(15,16)6-17-4/h7-9,12H,5-6H2,1-4H3,(H,15,16)/t7?,8-,9-/m1/s1. The minimum absolute atomic E-state index is 0.273. The van der Waals surface area contributed by atoms with Gasteiger partial charge in [0.25, 0.3) is 0 Å². The summed E-state index contributed by atoms with van der Waals surface area (Å²) in [6, 6.07) is 0. The maximum absolute atomic E-state index is 11.5. The van der Waals surface area contributed by atoms with Crippen LogP contribution in [0, 0.1) is 0 Å². The molecule has 0 bridgehead atoms. The smallest absolute Gasteiger partial charge is 0.354 e. The third-order valence-corrected chi connectivity index (χ3v) is 3.30. The van der Waals surface area contributed by atoms with Crippen LogP contribution in [0.3, 0.4) is 0 Å². The molecule has 0 aliphatic rings. The van der Waals surface area contributed by atoms with Crippen molar-refractivity contribution in [2.75, 3.05) is 20.1 Å². The predicted octanol–water partition coefficient (Wildman–Crippen LogP) is 0.0365. The molecule has 124 valence electrons. The molecule has 10 heteroatoms.